The maximum Gasteiger partial charge on any atom is 0.243 e. The van der Waals surface area contributed by atoms with Crippen molar-refractivity contribution in [2.24, 2.45) is 0 Å². The van der Waals surface area contributed by atoms with Gasteiger partial charge in [0.15, 0.2) is 11.6 Å². The van der Waals surface area contributed by atoms with Crippen LogP contribution in [0.5, 0.6) is 5.75 Å². The Bertz CT molecular complexity index is 644. The van der Waals surface area contributed by atoms with Gasteiger partial charge < -0.3 is 15.4 Å². The molecule has 2 N–H and O–H groups in total. The second kappa shape index (κ2) is 6.74. The Balaban J connectivity index is 1.90. The Morgan fingerprint density at radius 3 is 2.67 bits per heavy atom. The minimum Gasteiger partial charge on any atom is -0.494 e. The summed E-state index contributed by atoms with van der Waals surface area (Å²) in [6.07, 6.45) is 0. The number of benzene rings is 2. The summed E-state index contributed by atoms with van der Waals surface area (Å²) in [4.78, 5) is 11.8. The van der Waals surface area contributed by atoms with Crippen LogP contribution in [-0.2, 0) is 4.79 Å². The first-order valence-corrected chi connectivity index (χ1v) is 6.52. The summed E-state index contributed by atoms with van der Waals surface area (Å²) in [6.45, 7) is 2.01. The van der Waals surface area contributed by atoms with E-state index in [1.165, 1.54) is 19.2 Å². The molecule has 0 bridgehead atoms. The summed E-state index contributed by atoms with van der Waals surface area (Å²) in [5.41, 5.74) is 2.33. The van der Waals surface area contributed by atoms with Crippen molar-refractivity contribution in [3.05, 3.63) is 53.8 Å². The lowest BCUT2D eigenvalue weighted by molar-refractivity contribution is -0.114. The molecule has 0 unspecified atom stereocenters. The first-order chi connectivity index (χ1) is 10.1. The average Bonchev–Trinajstić information content (AvgIpc) is 2.45. The van der Waals surface area contributed by atoms with Gasteiger partial charge in [0.1, 0.15) is 0 Å². The van der Waals surface area contributed by atoms with Gasteiger partial charge in [0.05, 0.1) is 13.7 Å². The largest absolute Gasteiger partial charge is 0.494 e. The summed E-state index contributed by atoms with van der Waals surface area (Å²) in [5.74, 6) is -0.497. The zero-order valence-corrected chi connectivity index (χ0v) is 11.9. The number of hydrogen-bond donors (Lipinski definition) is 2. The van der Waals surface area contributed by atoms with E-state index in [1.807, 2.05) is 31.2 Å². The zero-order valence-electron chi connectivity index (χ0n) is 11.9. The highest BCUT2D eigenvalue weighted by Crippen LogP contribution is 2.20. The quantitative estimate of drug-likeness (QED) is 0.888. The SMILES string of the molecule is COc1ccc(NCC(=O)Nc2cccc(C)c2)cc1F. The number of anilines is 2. The van der Waals surface area contributed by atoms with E-state index in [0.717, 1.165) is 11.3 Å². The van der Waals surface area contributed by atoms with Crippen LogP contribution < -0.4 is 15.4 Å². The lowest BCUT2D eigenvalue weighted by Crippen LogP contribution is -2.21. The predicted octanol–water partition coefficient (Wildman–Crippen LogP) is 3.19. The van der Waals surface area contributed by atoms with Crippen LogP contribution in [0.25, 0.3) is 0 Å². The summed E-state index contributed by atoms with van der Waals surface area (Å²) < 4.78 is 18.3. The van der Waals surface area contributed by atoms with Gasteiger partial charge in [0.25, 0.3) is 0 Å². The van der Waals surface area contributed by atoms with Gasteiger partial charge in [-0.25, -0.2) is 4.39 Å². The van der Waals surface area contributed by atoms with E-state index in [2.05, 4.69) is 10.6 Å². The predicted molar refractivity (Wildman–Crippen MR) is 81.3 cm³/mol. The van der Waals surface area contributed by atoms with Gasteiger partial charge in [-0.3, -0.25) is 4.79 Å². The van der Waals surface area contributed by atoms with Crippen LogP contribution in [-0.4, -0.2) is 19.6 Å². The van der Waals surface area contributed by atoms with E-state index >= 15 is 0 Å². The van der Waals surface area contributed by atoms with Gasteiger partial charge in [0, 0.05) is 17.4 Å². The molecule has 0 aliphatic rings. The number of carbonyl (C=O) groups excluding carboxylic acids is 1. The molecule has 1 amide bonds. The minimum atomic E-state index is -0.471. The van der Waals surface area contributed by atoms with Crippen molar-refractivity contribution < 1.29 is 13.9 Å². The van der Waals surface area contributed by atoms with Gasteiger partial charge in [-0.15, -0.1) is 0 Å². The first kappa shape index (κ1) is 14.8. The van der Waals surface area contributed by atoms with Crippen LogP contribution in [0.2, 0.25) is 0 Å². The summed E-state index contributed by atoms with van der Waals surface area (Å²) in [7, 11) is 1.40. The highest BCUT2D eigenvalue weighted by molar-refractivity contribution is 5.93. The molecular weight excluding hydrogens is 271 g/mol. The number of carbonyl (C=O) groups is 1. The van der Waals surface area contributed by atoms with E-state index in [4.69, 9.17) is 4.74 Å². The molecule has 0 heterocycles. The third-order valence-electron chi connectivity index (χ3n) is 2.91. The molecule has 2 aromatic rings. The van der Waals surface area contributed by atoms with Crippen molar-refractivity contribution in [2.45, 2.75) is 6.92 Å². The van der Waals surface area contributed by atoms with Crippen LogP contribution in [0.3, 0.4) is 0 Å². The van der Waals surface area contributed by atoms with Crippen LogP contribution in [0.4, 0.5) is 15.8 Å². The van der Waals surface area contributed by atoms with Crippen LogP contribution in [0.15, 0.2) is 42.5 Å². The molecular formula is C16H17FN2O2. The summed E-state index contributed by atoms with van der Waals surface area (Å²) >= 11 is 0. The minimum absolute atomic E-state index is 0.0553. The zero-order chi connectivity index (χ0) is 15.2. The number of methoxy groups -OCH3 is 1. The molecule has 0 saturated heterocycles. The second-order valence-corrected chi connectivity index (χ2v) is 4.62. The molecule has 0 spiro atoms. The molecule has 0 atom stereocenters. The molecule has 0 aliphatic heterocycles. The molecule has 2 rings (SSSR count). The Labute approximate surface area is 122 Å². The Hall–Kier alpha value is -2.56. The molecule has 2 aromatic carbocycles. The number of aryl methyl sites for hydroxylation is 1. The number of nitrogens with one attached hydrogen (secondary N) is 2. The van der Waals surface area contributed by atoms with E-state index in [0.29, 0.717) is 5.69 Å². The third-order valence-corrected chi connectivity index (χ3v) is 2.91. The molecule has 5 heteroatoms. The van der Waals surface area contributed by atoms with Crippen molar-refractivity contribution >= 4 is 17.3 Å². The smallest absolute Gasteiger partial charge is 0.243 e. The molecule has 0 fully saturated rings. The van der Waals surface area contributed by atoms with E-state index in [1.54, 1.807) is 6.07 Å². The molecule has 21 heavy (non-hydrogen) atoms. The molecule has 110 valence electrons. The van der Waals surface area contributed by atoms with Gasteiger partial charge in [-0.2, -0.15) is 0 Å². The highest BCUT2D eigenvalue weighted by Gasteiger charge is 2.05. The maximum absolute atomic E-state index is 13.5. The standard InChI is InChI=1S/C16H17FN2O2/c1-11-4-3-5-13(8-11)19-16(20)10-18-12-6-7-15(21-2)14(17)9-12/h3-9,18H,10H2,1-2H3,(H,19,20). The fourth-order valence-electron chi connectivity index (χ4n) is 1.89. The van der Waals surface area contributed by atoms with Crippen molar-refractivity contribution in [1.82, 2.24) is 0 Å². The Morgan fingerprint density at radius 2 is 2.00 bits per heavy atom. The summed E-state index contributed by atoms with van der Waals surface area (Å²) in [5, 5.41) is 5.63. The first-order valence-electron chi connectivity index (χ1n) is 6.52. The van der Waals surface area contributed by atoms with Crippen LogP contribution in [0.1, 0.15) is 5.56 Å². The molecule has 4 nitrogen and oxygen atoms in total. The maximum atomic E-state index is 13.5. The van der Waals surface area contributed by atoms with Crippen molar-refractivity contribution in [2.75, 3.05) is 24.3 Å². The molecule has 0 saturated carbocycles. The Morgan fingerprint density at radius 1 is 1.19 bits per heavy atom. The number of halogens is 1. The number of rotatable bonds is 5. The van der Waals surface area contributed by atoms with E-state index in [-0.39, 0.29) is 18.2 Å². The number of ether oxygens (including phenoxy) is 1. The topological polar surface area (TPSA) is 50.4 Å². The van der Waals surface area contributed by atoms with Crippen LogP contribution >= 0.6 is 0 Å². The lowest BCUT2D eigenvalue weighted by Gasteiger charge is -2.09. The average molecular weight is 288 g/mol. The van der Waals surface area contributed by atoms with Crippen molar-refractivity contribution in [1.29, 1.82) is 0 Å². The second-order valence-electron chi connectivity index (χ2n) is 4.62. The normalized spacial score (nSPS) is 10.0. The van der Waals surface area contributed by atoms with Crippen molar-refractivity contribution in [3.8, 4) is 5.75 Å². The van der Waals surface area contributed by atoms with E-state index in [9.17, 15) is 9.18 Å². The Kier molecular flexibility index (Phi) is 4.77. The van der Waals surface area contributed by atoms with Gasteiger partial charge in [0.2, 0.25) is 5.91 Å². The number of amides is 1. The van der Waals surface area contributed by atoms with Gasteiger partial charge in [-0.1, -0.05) is 12.1 Å². The van der Waals surface area contributed by atoms with E-state index < -0.39 is 5.82 Å². The third kappa shape index (κ3) is 4.21. The summed E-state index contributed by atoms with van der Waals surface area (Å²) in [6, 6.07) is 12.0. The monoisotopic (exact) mass is 288 g/mol. The fraction of sp³-hybridized carbons (Fsp3) is 0.188. The lowest BCUT2D eigenvalue weighted by atomic mass is 10.2. The molecule has 0 radical (unpaired) electrons. The van der Waals surface area contributed by atoms with Crippen LogP contribution in [0, 0.1) is 12.7 Å². The van der Waals surface area contributed by atoms with Gasteiger partial charge in [-0.05, 0) is 36.8 Å². The highest BCUT2D eigenvalue weighted by atomic mass is 19.1. The molecule has 0 aliphatic carbocycles. The molecule has 0 aromatic heterocycles. The van der Waals surface area contributed by atoms with Crippen molar-refractivity contribution in [3.63, 3.8) is 0 Å². The fourth-order valence-corrected chi connectivity index (χ4v) is 1.89. The number of hydrogen-bond acceptors (Lipinski definition) is 3. The van der Waals surface area contributed by atoms with Gasteiger partial charge >= 0.3 is 0 Å².